The van der Waals surface area contributed by atoms with Crippen LogP contribution in [-0.2, 0) is 27.2 Å². The second-order valence-electron chi connectivity index (χ2n) is 12.7. The molecule has 0 saturated carbocycles. The maximum atomic E-state index is 13.3. The zero-order chi connectivity index (χ0) is 33.9. The van der Waals surface area contributed by atoms with Gasteiger partial charge >= 0.3 is 5.97 Å². The summed E-state index contributed by atoms with van der Waals surface area (Å²) in [6.07, 6.45) is 2.73. The zero-order valence-corrected chi connectivity index (χ0v) is 27.7. The first-order valence-corrected chi connectivity index (χ1v) is 15.8. The number of carbonyl (C=O) groups is 3. The summed E-state index contributed by atoms with van der Waals surface area (Å²) in [5.41, 5.74) is 4.39. The molecule has 2 aromatic carbocycles. The number of nitrogens with one attached hydrogen (secondary N) is 2. The summed E-state index contributed by atoms with van der Waals surface area (Å²) >= 11 is 0. The number of aromatic hydroxyl groups is 1. The van der Waals surface area contributed by atoms with Gasteiger partial charge in [0.2, 0.25) is 18.6 Å². The quantitative estimate of drug-likeness (QED) is 0.197. The molecular weight excluding hydrogens is 608 g/mol. The van der Waals surface area contributed by atoms with E-state index in [1.807, 2.05) is 24.9 Å². The highest BCUT2D eigenvalue weighted by Gasteiger charge is 2.56. The SMILES string of the molecule is C/C=C/C(=O)N[C@@H](C)C(=O)NC[C@H]1c2c(c(OC(C)=O)c(C)c3c2OCO3)CC2[C@@H]3c4c(cc(C)c(OC)c4O)C[C@H]([C@H](O)N21)N3C. The smallest absolute Gasteiger partial charge is 0.308 e. The highest BCUT2D eigenvalue weighted by atomic mass is 16.7. The summed E-state index contributed by atoms with van der Waals surface area (Å²) in [7, 11) is 3.46. The van der Waals surface area contributed by atoms with E-state index in [2.05, 4.69) is 15.5 Å². The first kappa shape index (κ1) is 32.6. The fraction of sp³-hybridized carbons (Fsp3) is 0.500. The molecule has 4 N–H and O–H groups in total. The predicted octanol–water partition coefficient (Wildman–Crippen LogP) is 2.07. The van der Waals surface area contributed by atoms with Gasteiger partial charge in [0.05, 0.1) is 25.2 Å². The largest absolute Gasteiger partial charge is 0.504 e. The summed E-state index contributed by atoms with van der Waals surface area (Å²) < 4.78 is 23.4. The highest BCUT2D eigenvalue weighted by molar-refractivity contribution is 5.92. The number of fused-ring (bicyclic) bond motifs is 9. The normalized spacial score (nSPS) is 25.0. The molecule has 0 aromatic heterocycles. The van der Waals surface area contributed by atoms with Gasteiger partial charge in [0, 0.05) is 41.8 Å². The van der Waals surface area contributed by atoms with Crippen molar-refractivity contribution in [2.24, 2.45) is 0 Å². The molecule has 6 rings (SSSR count). The summed E-state index contributed by atoms with van der Waals surface area (Å²) in [6, 6.07) is -0.691. The molecule has 4 aliphatic heterocycles. The van der Waals surface area contributed by atoms with Gasteiger partial charge in [-0.1, -0.05) is 12.1 Å². The van der Waals surface area contributed by atoms with Gasteiger partial charge in [-0.2, -0.15) is 0 Å². The van der Waals surface area contributed by atoms with Crippen molar-refractivity contribution >= 4 is 17.8 Å². The molecule has 13 nitrogen and oxygen atoms in total. The number of amides is 2. The molecule has 2 amide bonds. The van der Waals surface area contributed by atoms with E-state index in [1.54, 1.807) is 26.8 Å². The van der Waals surface area contributed by atoms with E-state index in [1.165, 1.54) is 20.1 Å². The standard InChI is InChI=1S/C34H42N4O9/c1-8-9-24(40)36-17(4)33(42)35-13-23-26-20(30(47-18(5)39)16(3)31-32(26)46-14-45-31)12-21-27-25-19(10-15(2)29(44-7)28(25)41)11-22(37(27)6)34(43)38(21)23/h8-10,17,21-23,27,34,41,43H,11-14H2,1-7H3,(H,35,42)(H,36,40)/b9-8+/t17-,21?,22+,23-,27+,34-/m0/s1. The van der Waals surface area contributed by atoms with Crippen molar-refractivity contribution in [1.82, 2.24) is 20.4 Å². The molecule has 4 aliphatic rings. The Balaban J connectivity index is 1.50. The number of ether oxygens (including phenoxy) is 4. The lowest BCUT2D eigenvalue weighted by Crippen LogP contribution is -2.69. The van der Waals surface area contributed by atoms with E-state index in [9.17, 15) is 24.6 Å². The number of nitrogens with zero attached hydrogens (tertiary/aromatic N) is 2. The van der Waals surface area contributed by atoms with Crippen molar-refractivity contribution in [3.63, 3.8) is 0 Å². The maximum absolute atomic E-state index is 13.3. The molecular formula is C34H42N4O9. The van der Waals surface area contributed by atoms with Crippen molar-refractivity contribution < 1.29 is 43.5 Å². The van der Waals surface area contributed by atoms with Crippen LogP contribution >= 0.6 is 0 Å². The van der Waals surface area contributed by atoms with Gasteiger partial charge in [-0.3, -0.25) is 24.2 Å². The summed E-state index contributed by atoms with van der Waals surface area (Å²) in [5.74, 6) is 0.384. The number of aliphatic hydroxyl groups excluding tert-OH is 1. The second kappa shape index (κ2) is 12.4. The lowest BCUT2D eigenvalue weighted by Gasteiger charge is -2.60. The molecule has 4 heterocycles. The molecule has 0 aliphatic carbocycles. The monoisotopic (exact) mass is 650 g/mol. The van der Waals surface area contributed by atoms with Crippen LogP contribution in [0.4, 0.5) is 0 Å². The molecule has 0 radical (unpaired) electrons. The number of benzene rings is 2. The third-order valence-electron chi connectivity index (χ3n) is 9.88. The molecule has 6 atom stereocenters. The number of carbonyl (C=O) groups excluding carboxylic acids is 3. The number of rotatable bonds is 7. The van der Waals surface area contributed by atoms with Gasteiger partial charge in [0.1, 0.15) is 18.0 Å². The minimum Gasteiger partial charge on any atom is -0.504 e. The van der Waals surface area contributed by atoms with Crippen LogP contribution in [0.15, 0.2) is 18.2 Å². The Kier molecular flexibility index (Phi) is 8.58. The first-order valence-electron chi connectivity index (χ1n) is 15.8. The molecule has 2 aromatic rings. The summed E-state index contributed by atoms with van der Waals surface area (Å²) in [6.45, 7) is 8.31. The van der Waals surface area contributed by atoms with Crippen LogP contribution < -0.4 is 29.6 Å². The number of piperazine rings is 1. The number of allylic oxidation sites excluding steroid dienone is 1. The van der Waals surface area contributed by atoms with E-state index in [4.69, 9.17) is 18.9 Å². The van der Waals surface area contributed by atoms with Crippen LogP contribution in [0, 0.1) is 13.8 Å². The number of aliphatic hydroxyl groups is 1. The zero-order valence-electron chi connectivity index (χ0n) is 27.7. The lowest BCUT2D eigenvalue weighted by atomic mass is 9.73. The van der Waals surface area contributed by atoms with Crippen molar-refractivity contribution in [1.29, 1.82) is 0 Å². The van der Waals surface area contributed by atoms with Crippen LogP contribution in [0.2, 0.25) is 0 Å². The van der Waals surface area contributed by atoms with Crippen LogP contribution in [0.25, 0.3) is 0 Å². The van der Waals surface area contributed by atoms with Crippen LogP contribution in [-0.4, -0.2) is 89.6 Å². The average Bonchev–Trinajstić information content (AvgIpc) is 3.50. The van der Waals surface area contributed by atoms with Gasteiger partial charge in [-0.05, 0) is 64.8 Å². The molecule has 1 fully saturated rings. The minimum absolute atomic E-state index is 0.0286. The average molecular weight is 651 g/mol. The number of methoxy groups -OCH3 is 1. The summed E-state index contributed by atoms with van der Waals surface area (Å²) in [4.78, 5) is 42.0. The third kappa shape index (κ3) is 5.26. The van der Waals surface area contributed by atoms with Crippen LogP contribution in [0.3, 0.4) is 0 Å². The Bertz CT molecular complexity index is 1670. The fourth-order valence-corrected chi connectivity index (χ4v) is 7.95. The Labute approximate surface area is 273 Å². The van der Waals surface area contributed by atoms with Crippen molar-refractivity contribution in [2.45, 2.75) is 83.9 Å². The van der Waals surface area contributed by atoms with Gasteiger partial charge < -0.3 is 39.8 Å². The number of likely N-dealkylation sites (N-methyl/N-ethyl adjacent to an activating group) is 1. The Morgan fingerprint density at radius 1 is 1.13 bits per heavy atom. The van der Waals surface area contributed by atoms with E-state index in [0.29, 0.717) is 58.1 Å². The Morgan fingerprint density at radius 2 is 1.85 bits per heavy atom. The number of aryl methyl sites for hydroxylation is 1. The predicted molar refractivity (Wildman–Crippen MR) is 170 cm³/mol. The van der Waals surface area contributed by atoms with Crippen LogP contribution in [0.1, 0.15) is 66.2 Å². The summed E-state index contributed by atoms with van der Waals surface area (Å²) in [5, 5.41) is 29.4. The third-order valence-corrected chi connectivity index (χ3v) is 9.88. The fourth-order valence-electron chi connectivity index (χ4n) is 7.95. The van der Waals surface area contributed by atoms with E-state index in [-0.39, 0.29) is 25.1 Å². The number of phenols is 1. The van der Waals surface area contributed by atoms with Gasteiger partial charge in [-0.15, -0.1) is 0 Å². The number of hydrogen-bond donors (Lipinski definition) is 4. The van der Waals surface area contributed by atoms with E-state index in [0.717, 1.165) is 11.1 Å². The molecule has 1 unspecified atom stereocenters. The maximum Gasteiger partial charge on any atom is 0.308 e. The second-order valence-corrected chi connectivity index (χ2v) is 12.7. The number of hydrogen-bond acceptors (Lipinski definition) is 11. The Morgan fingerprint density at radius 3 is 2.53 bits per heavy atom. The molecule has 0 spiro atoms. The van der Waals surface area contributed by atoms with Gasteiger partial charge in [0.25, 0.3) is 0 Å². The molecule has 13 heteroatoms. The van der Waals surface area contributed by atoms with Crippen molar-refractivity contribution in [2.75, 3.05) is 27.5 Å². The number of phenolic OH excluding ortho intramolecular Hbond substituents is 1. The van der Waals surface area contributed by atoms with Crippen molar-refractivity contribution in [3.05, 3.63) is 51.6 Å². The van der Waals surface area contributed by atoms with Gasteiger partial charge in [0.15, 0.2) is 23.0 Å². The highest BCUT2D eigenvalue weighted by Crippen LogP contribution is 2.58. The van der Waals surface area contributed by atoms with E-state index < -0.39 is 48.2 Å². The topological polar surface area (TPSA) is 159 Å². The first-order chi connectivity index (χ1) is 22.4. The van der Waals surface area contributed by atoms with Crippen molar-refractivity contribution in [3.8, 4) is 28.7 Å². The van der Waals surface area contributed by atoms with Crippen LogP contribution in [0.5, 0.6) is 28.7 Å². The molecule has 252 valence electrons. The number of esters is 1. The Hall–Kier alpha value is -4.33. The molecule has 1 saturated heterocycles. The lowest BCUT2D eigenvalue weighted by molar-refractivity contribution is -0.172. The minimum atomic E-state index is -0.989. The van der Waals surface area contributed by atoms with Gasteiger partial charge in [-0.25, -0.2) is 0 Å². The molecule has 47 heavy (non-hydrogen) atoms. The van der Waals surface area contributed by atoms with E-state index >= 15 is 0 Å². The molecule has 2 bridgehead atoms.